The predicted octanol–water partition coefficient (Wildman–Crippen LogP) is 5.39. The second kappa shape index (κ2) is 7.55. The van der Waals surface area contributed by atoms with Crippen LogP contribution in [0.2, 0.25) is 0 Å². The number of ether oxygens (including phenoxy) is 1. The fraction of sp³-hybridized carbons (Fsp3) is 0.481. The number of benzene rings is 2. The van der Waals surface area contributed by atoms with Crippen LogP contribution in [0.15, 0.2) is 30.3 Å². The van der Waals surface area contributed by atoms with Gasteiger partial charge in [0.05, 0.1) is 11.6 Å². The van der Waals surface area contributed by atoms with Gasteiger partial charge in [0, 0.05) is 37.3 Å². The van der Waals surface area contributed by atoms with Gasteiger partial charge in [0.25, 0.3) is 0 Å². The number of nitriles is 1. The summed E-state index contributed by atoms with van der Waals surface area (Å²) in [5, 5.41) is 9.24. The lowest BCUT2D eigenvalue weighted by Gasteiger charge is -2.40. The van der Waals surface area contributed by atoms with Gasteiger partial charge in [-0.25, -0.2) is 4.79 Å². The highest BCUT2D eigenvalue weighted by atomic mass is 16.6. The molecule has 0 aromatic heterocycles. The fourth-order valence-electron chi connectivity index (χ4n) is 5.75. The molecule has 1 amide bonds. The van der Waals surface area contributed by atoms with Crippen LogP contribution in [0, 0.1) is 18.3 Å². The van der Waals surface area contributed by atoms with Crippen LogP contribution in [-0.2, 0) is 11.2 Å². The van der Waals surface area contributed by atoms with Crippen molar-refractivity contribution in [1.29, 1.82) is 5.26 Å². The summed E-state index contributed by atoms with van der Waals surface area (Å²) < 4.78 is 5.68. The van der Waals surface area contributed by atoms with Crippen molar-refractivity contribution in [3.8, 4) is 17.2 Å². The van der Waals surface area contributed by atoms with Gasteiger partial charge >= 0.3 is 6.09 Å². The molecule has 32 heavy (non-hydrogen) atoms. The molecular formula is C27H31N3O2. The Morgan fingerprint density at radius 1 is 1.19 bits per heavy atom. The Bertz CT molecular complexity index is 1120. The number of carbonyl (C=O) groups is 1. The average molecular weight is 430 g/mol. The highest BCUT2D eigenvalue weighted by Crippen LogP contribution is 2.50. The zero-order valence-corrected chi connectivity index (χ0v) is 19.4. The van der Waals surface area contributed by atoms with E-state index < -0.39 is 5.60 Å². The Morgan fingerprint density at radius 3 is 2.72 bits per heavy atom. The fourth-order valence-corrected chi connectivity index (χ4v) is 5.75. The molecule has 5 rings (SSSR count). The first-order valence-corrected chi connectivity index (χ1v) is 11.7. The molecule has 0 bridgehead atoms. The highest BCUT2D eigenvalue weighted by Gasteiger charge is 2.45. The summed E-state index contributed by atoms with van der Waals surface area (Å²) in [7, 11) is 0. The summed E-state index contributed by atoms with van der Waals surface area (Å²) in [5.41, 5.74) is 7.94. The number of carbonyl (C=O) groups excluding carboxylic acids is 1. The maximum absolute atomic E-state index is 12.8. The number of piperidine rings is 1. The average Bonchev–Trinajstić information content (AvgIpc) is 3.07. The molecule has 2 aromatic carbocycles. The molecular weight excluding hydrogens is 398 g/mol. The topological polar surface area (TPSA) is 56.6 Å². The molecule has 5 nitrogen and oxygen atoms in total. The van der Waals surface area contributed by atoms with Crippen molar-refractivity contribution < 1.29 is 9.53 Å². The van der Waals surface area contributed by atoms with E-state index in [2.05, 4.69) is 36.1 Å². The molecule has 2 aromatic rings. The number of aryl methyl sites for hydroxylation is 2. The van der Waals surface area contributed by atoms with E-state index in [4.69, 9.17) is 4.74 Å². The van der Waals surface area contributed by atoms with Gasteiger partial charge in [-0.15, -0.1) is 0 Å². The molecule has 0 N–H and O–H groups in total. The van der Waals surface area contributed by atoms with Gasteiger partial charge in [-0.05, 0) is 99.0 Å². The monoisotopic (exact) mass is 429 g/mol. The second-order valence-electron chi connectivity index (χ2n) is 10.4. The summed E-state index contributed by atoms with van der Waals surface area (Å²) in [6, 6.07) is 13.3. The number of anilines is 1. The molecule has 1 unspecified atom stereocenters. The van der Waals surface area contributed by atoms with Crippen LogP contribution in [0.3, 0.4) is 0 Å². The summed E-state index contributed by atoms with van der Waals surface area (Å²) in [5.74, 6) is 0.307. The van der Waals surface area contributed by atoms with E-state index in [0.29, 0.717) is 24.1 Å². The van der Waals surface area contributed by atoms with Crippen molar-refractivity contribution in [3.63, 3.8) is 0 Å². The van der Waals surface area contributed by atoms with Crippen molar-refractivity contribution in [3.05, 3.63) is 52.6 Å². The normalized spacial score (nSPS) is 21.6. The lowest BCUT2D eigenvalue weighted by molar-refractivity contribution is 0.0189. The van der Waals surface area contributed by atoms with E-state index in [1.165, 1.54) is 34.4 Å². The smallest absolute Gasteiger partial charge is 0.410 e. The van der Waals surface area contributed by atoms with E-state index in [9.17, 15) is 10.1 Å². The molecule has 0 aliphatic carbocycles. The van der Waals surface area contributed by atoms with Crippen LogP contribution in [0.1, 0.15) is 61.8 Å². The Morgan fingerprint density at radius 2 is 2.00 bits per heavy atom. The van der Waals surface area contributed by atoms with Crippen LogP contribution in [-0.4, -0.2) is 42.3 Å². The minimum atomic E-state index is -0.482. The minimum Gasteiger partial charge on any atom is -0.444 e. The van der Waals surface area contributed by atoms with Crippen molar-refractivity contribution in [2.75, 3.05) is 24.5 Å². The van der Waals surface area contributed by atoms with E-state index in [1.54, 1.807) is 0 Å². The molecule has 1 saturated heterocycles. The molecule has 1 fully saturated rings. The van der Waals surface area contributed by atoms with Crippen molar-refractivity contribution in [2.45, 2.75) is 64.5 Å². The Labute approximate surface area is 190 Å². The van der Waals surface area contributed by atoms with Gasteiger partial charge in [0.2, 0.25) is 0 Å². The quantitative estimate of drug-likeness (QED) is 0.610. The number of hydrogen-bond acceptors (Lipinski definition) is 4. The van der Waals surface area contributed by atoms with Gasteiger partial charge in [-0.3, -0.25) is 0 Å². The van der Waals surface area contributed by atoms with Crippen molar-refractivity contribution >= 4 is 11.8 Å². The molecule has 0 radical (unpaired) electrons. The van der Waals surface area contributed by atoms with E-state index in [0.717, 1.165) is 31.5 Å². The Balaban J connectivity index is 1.53. The van der Waals surface area contributed by atoms with Crippen LogP contribution in [0.5, 0.6) is 0 Å². The Kier molecular flexibility index (Phi) is 4.93. The summed E-state index contributed by atoms with van der Waals surface area (Å²) in [6.07, 6.45) is 3.03. The molecule has 3 aliphatic rings. The largest absolute Gasteiger partial charge is 0.444 e. The van der Waals surface area contributed by atoms with Gasteiger partial charge in [-0.2, -0.15) is 5.26 Å². The SMILES string of the molecule is Cc1cc(C#N)ccc1-c1cc2c3c(c1)C1CN(C(=O)OC(C)(C)C)CC[C@@H]1N3CCC2. The first-order valence-electron chi connectivity index (χ1n) is 11.7. The Hall–Kier alpha value is -3.00. The van der Waals surface area contributed by atoms with Crippen LogP contribution in [0.4, 0.5) is 10.5 Å². The number of fused-ring (bicyclic) bond motifs is 3. The molecule has 3 heterocycles. The number of amides is 1. The van der Waals surface area contributed by atoms with E-state index >= 15 is 0 Å². The first-order chi connectivity index (χ1) is 15.2. The molecule has 166 valence electrons. The summed E-state index contributed by atoms with van der Waals surface area (Å²) in [4.78, 5) is 17.3. The third kappa shape index (κ3) is 3.52. The van der Waals surface area contributed by atoms with Crippen molar-refractivity contribution in [2.24, 2.45) is 0 Å². The number of likely N-dealkylation sites (tertiary alicyclic amines) is 1. The van der Waals surface area contributed by atoms with Crippen molar-refractivity contribution in [1.82, 2.24) is 4.90 Å². The maximum atomic E-state index is 12.8. The van der Waals surface area contributed by atoms with Crippen LogP contribution in [0.25, 0.3) is 11.1 Å². The molecule has 2 atom stereocenters. The molecule has 3 aliphatic heterocycles. The van der Waals surface area contributed by atoms with Crippen LogP contribution >= 0.6 is 0 Å². The highest BCUT2D eigenvalue weighted by molar-refractivity contribution is 5.78. The lowest BCUT2D eigenvalue weighted by Crippen LogP contribution is -2.49. The number of hydrogen-bond donors (Lipinski definition) is 0. The number of nitrogens with zero attached hydrogens (tertiary/aromatic N) is 3. The van der Waals surface area contributed by atoms with Gasteiger partial charge in [-0.1, -0.05) is 6.07 Å². The second-order valence-corrected chi connectivity index (χ2v) is 10.4. The molecule has 0 saturated carbocycles. The third-order valence-corrected chi connectivity index (χ3v) is 7.05. The summed E-state index contributed by atoms with van der Waals surface area (Å²) >= 11 is 0. The third-order valence-electron chi connectivity index (χ3n) is 7.05. The van der Waals surface area contributed by atoms with Gasteiger partial charge < -0.3 is 14.5 Å². The summed E-state index contributed by atoms with van der Waals surface area (Å²) in [6.45, 7) is 10.4. The van der Waals surface area contributed by atoms with Gasteiger partial charge in [0.1, 0.15) is 5.60 Å². The van der Waals surface area contributed by atoms with Gasteiger partial charge in [0.15, 0.2) is 0 Å². The van der Waals surface area contributed by atoms with E-state index in [1.807, 2.05) is 37.8 Å². The predicted molar refractivity (Wildman–Crippen MR) is 126 cm³/mol. The first kappa shape index (κ1) is 20.9. The standard InChI is InChI=1S/C27H31N3O2/c1-17-12-18(15-28)7-8-21(17)20-13-19-6-5-10-30-24-9-11-29(26(31)32-27(2,3)4)16-23(24)22(14-20)25(19)30/h7-8,12-14,23-24H,5-6,9-11,16H2,1-4H3/t23?,24-/m0/s1. The maximum Gasteiger partial charge on any atom is 0.410 e. The van der Waals surface area contributed by atoms with E-state index in [-0.39, 0.29) is 6.09 Å². The molecule has 5 heteroatoms. The zero-order valence-electron chi connectivity index (χ0n) is 19.4. The molecule has 0 spiro atoms. The number of rotatable bonds is 1. The van der Waals surface area contributed by atoms with Crippen LogP contribution < -0.4 is 4.90 Å². The lowest BCUT2D eigenvalue weighted by atomic mass is 9.86. The zero-order chi connectivity index (χ0) is 22.6. The minimum absolute atomic E-state index is 0.204.